The molecule has 23 heavy (non-hydrogen) atoms. The van der Waals surface area contributed by atoms with Gasteiger partial charge < -0.3 is 19.9 Å². The molecule has 2 saturated heterocycles. The van der Waals surface area contributed by atoms with E-state index < -0.39 is 0 Å². The van der Waals surface area contributed by atoms with Crippen molar-refractivity contribution in [2.45, 2.75) is 26.2 Å². The molecule has 0 bridgehead atoms. The van der Waals surface area contributed by atoms with Crippen LogP contribution in [0.5, 0.6) is 0 Å². The van der Waals surface area contributed by atoms with Crippen molar-refractivity contribution >= 4 is 22.4 Å². The van der Waals surface area contributed by atoms with Crippen molar-refractivity contribution in [3.05, 3.63) is 10.6 Å². The Hall–Kier alpha value is -1.18. The third-order valence-corrected chi connectivity index (χ3v) is 5.65. The molecule has 6 nitrogen and oxygen atoms in total. The highest BCUT2D eigenvalue weighted by Crippen LogP contribution is 2.26. The smallest absolute Gasteiger partial charge is 0.263 e. The van der Waals surface area contributed by atoms with Gasteiger partial charge >= 0.3 is 0 Å². The van der Waals surface area contributed by atoms with Crippen LogP contribution in [-0.4, -0.2) is 68.3 Å². The number of carbonyl (C=O) groups excluding carboxylic acids is 1. The average molecular weight is 338 g/mol. The summed E-state index contributed by atoms with van der Waals surface area (Å²) in [6, 6.07) is 0. The highest BCUT2D eigenvalue weighted by Gasteiger charge is 2.20. The van der Waals surface area contributed by atoms with Crippen molar-refractivity contribution in [1.29, 1.82) is 0 Å². The van der Waals surface area contributed by atoms with E-state index in [9.17, 15) is 4.79 Å². The number of piperidine rings is 1. The quantitative estimate of drug-likeness (QED) is 0.882. The molecule has 3 heterocycles. The Morgan fingerprint density at radius 3 is 2.70 bits per heavy atom. The second-order valence-electron chi connectivity index (χ2n) is 6.17. The fourth-order valence-electron chi connectivity index (χ4n) is 3.07. The van der Waals surface area contributed by atoms with Crippen LogP contribution in [-0.2, 0) is 4.74 Å². The number of nitrogens with one attached hydrogen (secondary N) is 1. The summed E-state index contributed by atoms with van der Waals surface area (Å²) >= 11 is 1.49. The molecular formula is C16H26N4O2S. The largest absolute Gasteiger partial charge is 0.378 e. The molecule has 0 aliphatic carbocycles. The predicted molar refractivity (Wildman–Crippen MR) is 92.5 cm³/mol. The maximum atomic E-state index is 12.4. The summed E-state index contributed by atoms with van der Waals surface area (Å²) in [6.45, 7) is 9.06. The first-order valence-corrected chi connectivity index (χ1v) is 9.36. The summed E-state index contributed by atoms with van der Waals surface area (Å²) in [5.74, 6) is 0.0107. The lowest BCUT2D eigenvalue weighted by atomic mass is 10.1. The lowest BCUT2D eigenvalue weighted by molar-refractivity contribution is 0.0950. The first-order chi connectivity index (χ1) is 11.2. The van der Waals surface area contributed by atoms with E-state index in [0.717, 1.165) is 61.6 Å². The number of anilines is 1. The number of ether oxygens (including phenoxy) is 1. The molecular weight excluding hydrogens is 312 g/mol. The third kappa shape index (κ3) is 4.43. The number of likely N-dealkylation sites (tertiary alicyclic amines) is 1. The van der Waals surface area contributed by atoms with Crippen molar-refractivity contribution in [3.8, 4) is 0 Å². The fraction of sp³-hybridized carbons (Fsp3) is 0.750. The van der Waals surface area contributed by atoms with Gasteiger partial charge in [0.15, 0.2) is 5.13 Å². The van der Waals surface area contributed by atoms with Gasteiger partial charge in [-0.1, -0.05) is 17.8 Å². The van der Waals surface area contributed by atoms with Crippen LogP contribution >= 0.6 is 11.3 Å². The molecule has 0 aromatic carbocycles. The van der Waals surface area contributed by atoms with Gasteiger partial charge in [0.05, 0.1) is 18.9 Å². The lowest BCUT2D eigenvalue weighted by Gasteiger charge is -2.26. The number of thiazole rings is 1. The highest BCUT2D eigenvalue weighted by molar-refractivity contribution is 7.17. The minimum Gasteiger partial charge on any atom is -0.378 e. The van der Waals surface area contributed by atoms with Crippen molar-refractivity contribution < 1.29 is 9.53 Å². The zero-order valence-corrected chi connectivity index (χ0v) is 14.7. The minimum atomic E-state index is 0.0107. The number of morpholine rings is 1. The van der Waals surface area contributed by atoms with Crippen LogP contribution in [0.15, 0.2) is 0 Å². The minimum absolute atomic E-state index is 0.0107. The molecule has 0 radical (unpaired) electrons. The Labute approximate surface area is 141 Å². The van der Waals surface area contributed by atoms with Crippen molar-refractivity contribution in [1.82, 2.24) is 15.2 Å². The van der Waals surface area contributed by atoms with Crippen LogP contribution in [0.4, 0.5) is 5.13 Å². The van der Waals surface area contributed by atoms with E-state index in [-0.39, 0.29) is 5.91 Å². The Morgan fingerprint density at radius 2 is 1.96 bits per heavy atom. The molecule has 2 fully saturated rings. The van der Waals surface area contributed by atoms with Gasteiger partial charge in [-0.3, -0.25) is 4.79 Å². The average Bonchev–Trinajstić information content (AvgIpc) is 2.98. The molecule has 0 spiro atoms. The summed E-state index contributed by atoms with van der Waals surface area (Å²) in [7, 11) is 0. The molecule has 7 heteroatoms. The Kier molecular flexibility index (Phi) is 5.85. The van der Waals surface area contributed by atoms with Gasteiger partial charge in [-0.25, -0.2) is 4.98 Å². The van der Waals surface area contributed by atoms with Crippen LogP contribution in [0.3, 0.4) is 0 Å². The van der Waals surface area contributed by atoms with Gasteiger partial charge in [-0.15, -0.1) is 0 Å². The zero-order chi connectivity index (χ0) is 16.1. The molecule has 1 aromatic rings. The van der Waals surface area contributed by atoms with E-state index in [1.807, 2.05) is 6.92 Å². The summed E-state index contributed by atoms with van der Waals surface area (Å²) in [5.41, 5.74) is 0.826. The summed E-state index contributed by atoms with van der Waals surface area (Å²) < 4.78 is 5.37. The predicted octanol–water partition coefficient (Wildman–Crippen LogP) is 1.50. The van der Waals surface area contributed by atoms with Crippen molar-refractivity contribution in [2.24, 2.45) is 0 Å². The van der Waals surface area contributed by atoms with Crippen LogP contribution < -0.4 is 10.2 Å². The normalized spacial score (nSPS) is 19.8. The number of rotatable bonds is 5. The summed E-state index contributed by atoms with van der Waals surface area (Å²) in [5, 5.41) is 3.99. The maximum absolute atomic E-state index is 12.4. The van der Waals surface area contributed by atoms with E-state index in [1.54, 1.807) is 0 Å². The number of carbonyl (C=O) groups is 1. The zero-order valence-electron chi connectivity index (χ0n) is 13.8. The SMILES string of the molecule is Cc1nc(N2CCOCC2)sc1C(=O)NCCN1CCCCC1. The second kappa shape index (κ2) is 8.08. The van der Waals surface area contributed by atoms with E-state index >= 15 is 0 Å². The molecule has 2 aliphatic rings. The number of aromatic nitrogens is 1. The molecule has 1 aromatic heterocycles. The number of amides is 1. The summed E-state index contributed by atoms with van der Waals surface area (Å²) in [6.07, 6.45) is 3.91. The Bertz CT molecular complexity index is 522. The number of hydrogen-bond acceptors (Lipinski definition) is 6. The molecule has 0 unspecified atom stereocenters. The standard InChI is InChI=1S/C16H26N4O2S/c1-13-14(23-16(18-13)20-9-11-22-12-10-20)15(21)17-5-8-19-6-3-2-4-7-19/h2-12H2,1H3,(H,17,21). The van der Waals surface area contributed by atoms with E-state index in [2.05, 4.69) is 20.1 Å². The molecule has 1 N–H and O–H groups in total. The maximum Gasteiger partial charge on any atom is 0.263 e. The van der Waals surface area contributed by atoms with Gasteiger partial charge in [-0.05, 0) is 32.9 Å². The van der Waals surface area contributed by atoms with Crippen LogP contribution in [0.25, 0.3) is 0 Å². The molecule has 0 atom stereocenters. The van der Waals surface area contributed by atoms with Crippen LogP contribution in [0.2, 0.25) is 0 Å². The second-order valence-corrected chi connectivity index (χ2v) is 7.15. The molecule has 128 valence electrons. The van der Waals surface area contributed by atoms with Gasteiger partial charge in [0.25, 0.3) is 5.91 Å². The topological polar surface area (TPSA) is 57.7 Å². The summed E-state index contributed by atoms with van der Waals surface area (Å²) in [4.78, 5) is 22.3. The molecule has 1 amide bonds. The molecule has 0 saturated carbocycles. The first-order valence-electron chi connectivity index (χ1n) is 8.55. The van der Waals surface area contributed by atoms with Crippen molar-refractivity contribution in [2.75, 3.05) is 57.4 Å². The Balaban J connectivity index is 1.51. The lowest BCUT2D eigenvalue weighted by Crippen LogP contribution is -2.37. The fourth-order valence-corrected chi connectivity index (χ4v) is 4.11. The molecule has 3 rings (SSSR count). The van der Waals surface area contributed by atoms with E-state index in [0.29, 0.717) is 6.54 Å². The third-order valence-electron chi connectivity index (χ3n) is 4.44. The molecule has 2 aliphatic heterocycles. The van der Waals surface area contributed by atoms with Gasteiger partial charge in [0.1, 0.15) is 4.88 Å². The highest BCUT2D eigenvalue weighted by atomic mass is 32.1. The van der Waals surface area contributed by atoms with Gasteiger partial charge in [0.2, 0.25) is 0 Å². The van der Waals surface area contributed by atoms with E-state index in [1.165, 1.54) is 30.6 Å². The number of hydrogen-bond donors (Lipinski definition) is 1. The van der Waals surface area contributed by atoms with Crippen LogP contribution in [0.1, 0.15) is 34.6 Å². The van der Waals surface area contributed by atoms with E-state index in [4.69, 9.17) is 4.74 Å². The first kappa shape index (κ1) is 16.7. The Morgan fingerprint density at radius 1 is 1.22 bits per heavy atom. The van der Waals surface area contributed by atoms with Gasteiger partial charge in [0, 0.05) is 26.2 Å². The monoisotopic (exact) mass is 338 g/mol. The van der Waals surface area contributed by atoms with Crippen LogP contribution in [0, 0.1) is 6.92 Å². The van der Waals surface area contributed by atoms with Crippen molar-refractivity contribution in [3.63, 3.8) is 0 Å². The number of aryl methyl sites for hydroxylation is 1. The number of nitrogens with zero attached hydrogens (tertiary/aromatic N) is 3. The van der Waals surface area contributed by atoms with Gasteiger partial charge in [-0.2, -0.15) is 0 Å².